The molecule has 1 unspecified atom stereocenters. The van der Waals surface area contributed by atoms with Crippen molar-refractivity contribution in [3.8, 4) is 0 Å². The molecule has 0 bridgehead atoms. The number of unbranched alkanes of at least 4 members (excludes halogenated alkanes) is 4. The van der Waals surface area contributed by atoms with E-state index < -0.39 is 0 Å². The minimum absolute atomic E-state index is 0.0280. The Morgan fingerprint density at radius 3 is 2.35 bits per heavy atom. The fourth-order valence-corrected chi connectivity index (χ4v) is 1.68. The molecule has 0 spiro atoms. The molecule has 1 atom stereocenters. The summed E-state index contributed by atoms with van der Waals surface area (Å²) in [6.07, 6.45) is 7.46. The number of carbonyl (C=O) groups is 1. The second-order valence-corrected chi connectivity index (χ2v) is 4.32. The molecule has 0 aliphatic heterocycles. The number of ether oxygens (including phenoxy) is 2. The largest absolute Gasteiger partial charge is 0.466 e. The van der Waals surface area contributed by atoms with Gasteiger partial charge in [-0.3, -0.25) is 4.79 Å². The van der Waals surface area contributed by atoms with E-state index in [9.17, 15) is 4.79 Å². The summed E-state index contributed by atoms with van der Waals surface area (Å²) < 4.78 is 10.6. The highest BCUT2D eigenvalue weighted by Crippen LogP contribution is 2.08. The standard InChI is InChI=1S/C14H28O3/c1-4-7-8-9-10-11-17-13(5-2)12-14(15)16-6-3/h13H,4-12H2,1-3H3. The van der Waals surface area contributed by atoms with Gasteiger partial charge in [0.05, 0.1) is 19.1 Å². The highest BCUT2D eigenvalue weighted by molar-refractivity contribution is 5.69. The Labute approximate surface area is 106 Å². The fraction of sp³-hybridized carbons (Fsp3) is 0.929. The summed E-state index contributed by atoms with van der Waals surface area (Å²) in [7, 11) is 0. The molecular weight excluding hydrogens is 216 g/mol. The summed E-state index contributed by atoms with van der Waals surface area (Å²) in [6, 6.07) is 0. The highest BCUT2D eigenvalue weighted by Gasteiger charge is 2.12. The summed E-state index contributed by atoms with van der Waals surface area (Å²) in [5.41, 5.74) is 0. The van der Waals surface area contributed by atoms with Gasteiger partial charge in [-0.25, -0.2) is 0 Å². The summed E-state index contributed by atoms with van der Waals surface area (Å²) in [5, 5.41) is 0. The molecule has 0 aromatic carbocycles. The molecule has 0 fully saturated rings. The topological polar surface area (TPSA) is 35.5 Å². The van der Waals surface area contributed by atoms with Gasteiger partial charge in [-0.2, -0.15) is 0 Å². The minimum atomic E-state index is -0.148. The quantitative estimate of drug-likeness (QED) is 0.410. The first-order valence-electron chi connectivity index (χ1n) is 7.01. The first-order chi connectivity index (χ1) is 8.24. The van der Waals surface area contributed by atoms with Crippen molar-refractivity contribution in [2.24, 2.45) is 0 Å². The van der Waals surface area contributed by atoms with Crippen LogP contribution in [0.4, 0.5) is 0 Å². The van der Waals surface area contributed by atoms with Gasteiger partial charge >= 0.3 is 5.97 Å². The van der Waals surface area contributed by atoms with Gasteiger partial charge in [-0.1, -0.05) is 39.5 Å². The monoisotopic (exact) mass is 244 g/mol. The Hall–Kier alpha value is -0.570. The third-order valence-electron chi connectivity index (χ3n) is 2.76. The van der Waals surface area contributed by atoms with Crippen LogP contribution in [-0.4, -0.2) is 25.3 Å². The maximum absolute atomic E-state index is 11.3. The van der Waals surface area contributed by atoms with Gasteiger partial charge in [-0.15, -0.1) is 0 Å². The van der Waals surface area contributed by atoms with Crippen LogP contribution in [0.25, 0.3) is 0 Å². The molecule has 0 aromatic rings. The second-order valence-electron chi connectivity index (χ2n) is 4.32. The van der Waals surface area contributed by atoms with Crippen molar-refractivity contribution in [2.45, 2.75) is 71.8 Å². The Balaban J connectivity index is 3.50. The first-order valence-corrected chi connectivity index (χ1v) is 7.01. The number of rotatable bonds is 11. The Morgan fingerprint density at radius 2 is 1.76 bits per heavy atom. The highest BCUT2D eigenvalue weighted by atomic mass is 16.5. The summed E-state index contributed by atoms with van der Waals surface area (Å²) >= 11 is 0. The van der Waals surface area contributed by atoms with Crippen molar-refractivity contribution in [3.63, 3.8) is 0 Å². The van der Waals surface area contributed by atoms with Crippen molar-refractivity contribution < 1.29 is 14.3 Å². The van der Waals surface area contributed by atoms with Gasteiger partial charge in [0.25, 0.3) is 0 Å². The van der Waals surface area contributed by atoms with Crippen LogP contribution in [-0.2, 0) is 14.3 Å². The van der Waals surface area contributed by atoms with E-state index in [4.69, 9.17) is 9.47 Å². The predicted octanol–water partition coefficient (Wildman–Crippen LogP) is 3.71. The predicted molar refractivity (Wildman–Crippen MR) is 70.0 cm³/mol. The molecule has 0 aliphatic rings. The van der Waals surface area contributed by atoms with Gasteiger partial charge in [0.2, 0.25) is 0 Å². The van der Waals surface area contributed by atoms with Gasteiger partial charge in [0.15, 0.2) is 0 Å². The molecule has 0 saturated carbocycles. The maximum atomic E-state index is 11.3. The summed E-state index contributed by atoms with van der Waals surface area (Å²) in [6.45, 7) is 7.30. The van der Waals surface area contributed by atoms with Gasteiger partial charge < -0.3 is 9.47 Å². The molecule has 0 amide bonds. The van der Waals surface area contributed by atoms with E-state index in [1.54, 1.807) is 0 Å². The third-order valence-corrected chi connectivity index (χ3v) is 2.76. The number of hydrogen-bond donors (Lipinski definition) is 0. The maximum Gasteiger partial charge on any atom is 0.308 e. The molecule has 0 N–H and O–H groups in total. The van der Waals surface area contributed by atoms with Crippen LogP contribution in [0.1, 0.15) is 65.7 Å². The molecule has 3 heteroatoms. The fourth-order valence-electron chi connectivity index (χ4n) is 1.68. The van der Waals surface area contributed by atoms with E-state index in [0.717, 1.165) is 19.4 Å². The zero-order valence-corrected chi connectivity index (χ0v) is 11.7. The Morgan fingerprint density at radius 1 is 1.06 bits per heavy atom. The molecule has 0 rings (SSSR count). The van der Waals surface area contributed by atoms with Gasteiger partial charge in [-0.05, 0) is 19.8 Å². The lowest BCUT2D eigenvalue weighted by molar-refractivity contribution is -0.146. The van der Waals surface area contributed by atoms with Crippen LogP contribution in [0, 0.1) is 0 Å². The zero-order valence-electron chi connectivity index (χ0n) is 11.7. The normalized spacial score (nSPS) is 12.4. The van der Waals surface area contributed by atoms with Crippen LogP contribution in [0.5, 0.6) is 0 Å². The van der Waals surface area contributed by atoms with Gasteiger partial charge in [0, 0.05) is 6.61 Å². The molecule has 0 aromatic heterocycles. The zero-order chi connectivity index (χ0) is 12.9. The lowest BCUT2D eigenvalue weighted by Gasteiger charge is -2.15. The van der Waals surface area contributed by atoms with Crippen molar-refractivity contribution in [1.29, 1.82) is 0 Å². The molecule has 17 heavy (non-hydrogen) atoms. The third kappa shape index (κ3) is 10.3. The van der Waals surface area contributed by atoms with Crippen molar-refractivity contribution in [3.05, 3.63) is 0 Å². The van der Waals surface area contributed by atoms with Crippen LogP contribution >= 0.6 is 0 Å². The average Bonchev–Trinajstić information content (AvgIpc) is 2.32. The molecular formula is C14H28O3. The molecule has 102 valence electrons. The second kappa shape index (κ2) is 11.9. The van der Waals surface area contributed by atoms with E-state index in [2.05, 4.69) is 6.92 Å². The molecule has 0 saturated heterocycles. The van der Waals surface area contributed by atoms with Gasteiger partial charge in [0.1, 0.15) is 0 Å². The average molecular weight is 244 g/mol. The minimum Gasteiger partial charge on any atom is -0.466 e. The van der Waals surface area contributed by atoms with Crippen molar-refractivity contribution in [1.82, 2.24) is 0 Å². The van der Waals surface area contributed by atoms with E-state index in [0.29, 0.717) is 13.0 Å². The lowest BCUT2D eigenvalue weighted by Crippen LogP contribution is -2.19. The molecule has 0 radical (unpaired) electrons. The first kappa shape index (κ1) is 16.4. The van der Waals surface area contributed by atoms with Crippen molar-refractivity contribution in [2.75, 3.05) is 13.2 Å². The van der Waals surface area contributed by atoms with Crippen LogP contribution < -0.4 is 0 Å². The Kier molecular flexibility index (Phi) is 11.5. The molecule has 3 nitrogen and oxygen atoms in total. The number of esters is 1. The Bertz CT molecular complexity index is 180. The molecule has 0 heterocycles. The smallest absolute Gasteiger partial charge is 0.308 e. The van der Waals surface area contributed by atoms with E-state index in [1.807, 2.05) is 13.8 Å². The van der Waals surface area contributed by atoms with E-state index in [1.165, 1.54) is 25.7 Å². The van der Waals surface area contributed by atoms with Crippen LogP contribution in [0.15, 0.2) is 0 Å². The van der Waals surface area contributed by atoms with Crippen LogP contribution in [0.2, 0.25) is 0 Å². The SMILES string of the molecule is CCCCCCCOC(CC)CC(=O)OCC. The van der Waals surface area contributed by atoms with Crippen LogP contribution in [0.3, 0.4) is 0 Å². The number of carbonyl (C=O) groups excluding carboxylic acids is 1. The summed E-state index contributed by atoms with van der Waals surface area (Å²) in [4.78, 5) is 11.3. The summed E-state index contributed by atoms with van der Waals surface area (Å²) in [5.74, 6) is -0.148. The molecule has 0 aliphatic carbocycles. The lowest BCUT2D eigenvalue weighted by atomic mass is 10.1. The number of hydrogen-bond acceptors (Lipinski definition) is 3. The van der Waals surface area contributed by atoms with E-state index in [-0.39, 0.29) is 12.1 Å². The van der Waals surface area contributed by atoms with E-state index >= 15 is 0 Å². The van der Waals surface area contributed by atoms with Crippen molar-refractivity contribution >= 4 is 5.97 Å².